The molecule has 0 aliphatic carbocycles. The second kappa shape index (κ2) is 8.81. The van der Waals surface area contributed by atoms with Crippen LogP contribution in [-0.2, 0) is 21.2 Å². The molecule has 0 spiro atoms. The van der Waals surface area contributed by atoms with Gasteiger partial charge >= 0.3 is 0 Å². The van der Waals surface area contributed by atoms with Gasteiger partial charge in [0.15, 0.2) is 15.0 Å². The fraction of sp³-hybridized carbons (Fsp3) is 0.526. The van der Waals surface area contributed by atoms with E-state index in [9.17, 15) is 18.0 Å². The minimum absolute atomic E-state index is 0.00325. The highest BCUT2D eigenvalue weighted by molar-refractivity contribution is 7.99. The molecule has 2 aliphatic heterocycles. The molecule has 2 aromatic heterocycles. The van der Waals surface area contributed by atoms with Crippen molar-refractivity contribution in [2.45, 2.75) is 24.2 Å². The number of carbonyl (C=O) groups excluding carboxylic acids is 1. The molecular formula is C19H24N4O4S3. The molecule has 2 aliphatic rings. The van der Waals surface area contributed by atoms with Crippen molar-refractivity contribution >= 4 is 49.1 Å². The molecular weight excluding hydrogens is 444 g/mol. The van der Waals surface area contributed by atoms with Crippen molar-refractivity contribution < 1.29 is 13.2 Å². The van der Waals surface area contributed by atoms with Gasteiger partial charge in [-0.2, -0.15) is 0 Å². The van der Waals surface area contributed by atoms with Gasteiger partial charge in [0.1, 0.15) is 4.70 Å². The molecule has 2 saturated heterocycles. The van der Waals surface area contributed by atoms with Crippen molar-refractivity contribution in [3.63, 3.8) is 0 Å². The van der Waals surface area contributed by atoms with Crippen LogP contribution < -0.4 is 5.56 Å². The number of allylic oxidation sites excluding steroid dienone is 1. The van der Waals surface area contributed by atoms with Crippen LogP contribution in [0.15, 0.2) is 34.1 Å². The topological polar surface area (TPSA) is 92.6 Å². The number of nitrogens with zero attached hydrogens (tertiary/aromatic N) is 4. The standard InChI is InChI=1S/C19H24N4O4S3/c1-2-5-23-18(25)17-15(3-10-28-17)20-19(23)29-12-16(24)22-8-6-21(7-9-22)14-4-11-30(26,27)13-14/h2-3,10,14H,1,4-9,11-13H2/t14-/m1/s1. The van der Waals surface area contributed by atoms with Gasteiger partial charge in [0.05, 0.1) is 22.8 Å². The fourth-order valence-corrected chi connectivity index (χ4v) is 7.39. The van der Waals surface area contributed by atoms with Crippen LogP contribution in [0.5, 0.6) is 0 Å². The van der Waals surface area contributed by atoms with Crippen molar-refractivity contribution in [3.8, 4) is 0 Å². The van der Waals surface area contributed by atoms with E-state index in [-0.39, 0.29) is 34.8 Å². The lowest BCUT2D eigenvalue weighted by Gasteiger charge is -2.37. The molecule has 4 heterocycles. The molecule has 2 aromatic rings. The smallest absolute Gasteiger partial charge is 0.272 e. The van der Waals surface area contributed by atoms with Crippen LogP contribution >= 0.6 is 23.1 Å². The molecule has 0 bridgehead atoms. The number of rotatable bonds is 6. The quantitative estimate of drug-likeness (QED) is 0.356. The van der Waals surface area contributed by atoms with E-state index >= 15 is 0 Å². The number of piperazine rings is 1. The Morgan fingerprint density at radius 2 is 2.10 bits per heavy atom. The average Bonchev–Trinajstić information content (AvgIpc) is 3.35. The zero-order valence-corrected chi connectivity index (χ0v) is 19.0. The SMILES string of the molecule is C=CCn1c(SCC(=O)N2CCN([C@@H]3CCS(=O)(=O)C3)CC2)nc2ccsc2c1=O. The Morgan fingerprint density at radius 1 is 1.33 bits per heavy atom. The van der Waals surface area contributed by atoms with Crippen molar-refractivity contribution in [1.82, 2.24) is 19.4 Å². The van der Waals surface area contributed by atoms with E-state index in [0.29, 0.717) is 54.5 Å². The second-order valence-electron chi connectivity index (χ2n) is 7.50. The minimum atomic E-state index is -2.90. The molecule has 11 heteroatoms. The minimum Gasteiger partial charge on any atom is -0.339 e. The number of thioether (sulfide) groups is 1. The first-order valence-corrected chi connectivity index (χ1v) is 13.5. The Labute approximate surface area is 183 Å². The van der Waals surface area contributed by atoms with Gasteiger partial charge in [-0.3, -0.25) is 19.1 Å². The summed E-state index contributed by atoms with van der Waals surface area (Å²) in [5, 5.41) is 2.36. The highest BCUT2D eigenvalue weighted by Gasteiger charge is 2.34. The molecule has 0 unspecified atom stereocenters. The maximum atomic E-state index is 12.7. The number of hydrogen-bond acceptors (Lipinski definition) is 8. The second-order valence-corrected chi connectivity index (χ2v) is 11.6. The summed E-state index contributed by atoms with van der Waals surface area (Å²) >= 11 is 2.63. The molecule has 0 radical (unpaired) electrons. The predicted molar refractivity (Wildman–Crippen MR) is 120 cm³/mol. The lowest BCUT2D eigenvalue weighted by atomic mass is 10.2. The summed E-state index contributed by atoms with van der Waals surface area (Å²) in [5.41, 5.74) is 0.547. The van der Waals surface area contributed by atoms with Crippen molar-refractivity contribution in [2.75, 3.05) is 43.4 Å². The van der Waals surface area contributed by atoms with Crippen LogP contribution in [0.2, 0.25) is 0 Å². The monoisotopic (exact) mass is 468 g/mol. The predicted octanol–water partition coefficient (Wildman–Crippen LogP) is 1.07. The number of carbonyl (C=O) groups is 1. The van der Waals surface area contributed by atoms with E-state index in [1.165, 1.54) is 23.1 Å². The number of fused-ring (bicyclic) bond motifs is 1. The lowest BCUT2D eigenvalue weighted by molar-refractivity contribution is -0.130. The first-order valence-electron chi connectivity index (χ1n) is 9.82. The van der Waals surface area contributed by atoms with Crippen LogP contribution in [0.1, 0.15) is 6.42 Å². The molecule has 2 fully saturated rings. The van der Waals surface area contributed by atoms with Gasteiger partial charge in [-0.25, -0.2) is 13.4 Å². The number of sulfone groups is 1. The van der Waals surface area contributed by atoms with E-state index in [1.54, 1.807) is 10.6 Å². The highest BCUT2D eigenvalue weighted by atomic mass is 32.2. The number of amides is 1. The Morgan fingerprint density at radius 3 is 2.77 bits per heavy atom. The molecule has 1 atom stereocenters. The van der Waals surface area contributed by atoms with Gasteiger partial charge in [-0.15, -0.1) is 17.9 Å². The van der Waals surface area contributed by atoms with Crippen LogP contribution in [0.3, 0.4) is 0 Å². The first kappa shape index (κ1) is 21.5. The molecule has 8 nitrogen and oxygen atoms in total. The third kappa shape index (κ3) is 4.48. The summed E-state index contributed by atoms with van der Waals surface area (Å²) < 4.78 is 25.6. The highest BCUT2D eigenvalue weighted by Crippen LogP contribution is 2.22. The Kier molecular flexibility index (Phi) is 6.33. The van der Waals surface area contributed by atoms with Crippen molar-refractivity contribution in [2.24, 2.45) is 0 Å². The van der Waals surface area contributed by atoms with Crippen molar-refractivity contribution in [1.29, 1.82) is 0 Å². The first-order chi connectivity index (χ1) is 14.4. The third-order valence-corrected chi connectivity index (χ3v) is 9.16. The summed E-state index contributed by atoms with van der Waals surface area (Å²) in [6, 6.07) is 1.89. The van der Waals surface area contributed by atoms with Gasteiger partial charge in [-0.1, -0.05) is 17.8 Å². The molecule has 162 valence electrons. The zero-order valence-electron chi connectivity index (χ0n) is 16.5. The van der Waals surface area contributed by atoms with E-state index in [0.717, 1.165) is 0 Å². The molecule has 1 amide bonds. The zero-order chi connectivity index (χ0) is 21.3. The Balaban J connectivity index is 1.37. The largest absolute Gasteiger partial charge is 0.339 e. The molecule has 4 rings (SSSR count). The molecule has 0 saturated carbocycles. The lowest BCUT2D eigenvalue weighted by Crippen LogP contribution is -2.52. The van der Waals surface area contributed by atoms with Gasteiger partial charge < -0.3 is 4.90 Å². The molecule has 0 aromatic carbocycles. The average molecular weight is 469 g/mol. The van der Waals surface area contributed by atoms with Crippen LogP contribution in [0.25, 0.3) is 10.2 Å². The van der Waals surface area contributed by atoms with Gasteiger partial charge in [0.2, 0.25) is 5.91 Å². The van der Waals surface area contributed by atoms with Crippen LogP contribution in [-0.4, -0.2) is 83.2 Å². The summed E-state index contributed by atoms with van der Waals surface area (Å²) in [7, 11) is -2.90. The van der Waals surface area contributed by atoms with Crippen molar-refractivity contribution in [3.05, 3.63) is 34.5 Å². The summed E-state index contributed by atoms with van der Waals surface area (Å²) in [6.45, 7) is 6.62. The summed E-state index contributed by atoms with van der Waals surface area (Å²) in [5.74, 6) is 0.704. The molecule has 30 heavy (non-hydrogen) atoms. The number of aromatic nitrogens is 2. The maximum Gasteiger partial charge on any atom is 0.272 e. The number of hydrogen-bond donors (Lipinski definition) is 0. The normalized spacial score (nSPS) is 21.9. The fourth-order valence-electron chi connectivity index (χ4n) is 3.94. The third-order valence-electron chi connectivity index (χ3n) is 5.56. The summed E-state index contributed by atoms with van der Waals surface area (Å²) in [6.07, 6.45) is 2.33. The van der Waals surface area contributed by atoms with Gasteiger partial charge in [0, 0.05) is 38.8 Å². The van der Waals surface area contributed by atoms with E-state index in [1.807, 2.05) is 16.3 Å². The van der Waals surface area contributed by atoms with E-state index in [4.69, 9.17) is 0 Å². The number of thiophene rings is 1. The molecule has 0 N–H and O–H groups in total. The van der Waals surface area contributed by atoms with Gasteiger partial charge in [0.25, 0.3) is 5.56 Å². The van der Waals surface area contributed by atoms with E-state index < -0.39 is 9.84 Å². The maximum absolute atomic E-state index is 12.7. The Hall–Kier alpha value is -1.69. The van der Waals surface area contributed by atoms with Crippen LogP contribution in [0, 0.1) is 0 Å². The van der Waals surface area contributed by atoms with E-state index in [2.05, 4.69) is 16.5 Å². The Bertz CT molecular complexity index is 1120. The van der Waals surface area contributed by atoms with Crippen LogP contribution in [0.4, 0.5) is 0 Å². The van der Waals surface area contributed by atoms with Gasteiger partial charge in [-0.05, 0) is 17.9 Å². The summed E-state index contributed by atoms with van der Waals surface area (Å²) in [4.78, 5) is 34.0.